The number of hydrogen-bond acceptors (Lipinski definition) is 3. The number of halogens is 2. The van der Waals surface area contributed by atoms with Crippen LogP contribution in [0, 0.1) is 19.7 Å². The summed E-state index contributed by atoms with van der Waals surface area (Å²) in [5.41, 5.74) is 3.87. The maximum absolute atomic E-state index is 13.9. The van der Waals surface area contributed by atoms with Crippen molar-refractivity contribution in [2.24, 2.45) is 0 Å². The van der Waals surface area contributed by atoms with E-state index in [9.17, 15) is 14.0 Å². The average Bonchev–Trinajstić information content (AvgIpc) is 3.16. The fourth-order valence-electron chi connectivity index (χ4n) is 3.44. The van der Waals surface area contributed by atoms with E-state index in [1.54, 1.807) is 23.0 Å². The molecule has 4 rings (SSSR count). The fraction of sp³-hybridized carbons (Fsp3) is 0.174. The van der Waals surface area contributed by atoms with Crippen molar-refractivity contribution in [2.75, 3.05) is 6.54 Å². The Morgan fingerprint density at radius 2 is 1.97 bits per heavy atom. The van der Waals surface area contributed by atoms with Crippen molar-refractivity contribution in [1.29, 1.82) is 0 Å². The van der Waals surface area contributed by atoms with E-state index in [0.717, 1.165) is 22.4 Å². The molecule has 0 unspecified atom stereocenters. The van der Waals surface area contributed by atoms with E-state index in [-0.39, 0.29) is 29.2 Å². The van der Waals surface area contributed by atoms with Crippen LogP contribution in [0.25, 0.3) is 16.8 Å². The Labute approximate surface area is 182 Å². The molecule has 1 N–H and O–H groups in total. The van der Waals surface area contributed by atoms with Gasteiger partial charge in [0.15, 0.2) is 0 Å². The van der Waals surface area contributed by atoms with E-state index in [4.69, 9.17) is 11.6 Å². The van der Waals surface area contributed by atoms with Crippen LogP contribution in [0.2, 0.25) is 5.02 Å². The van der Waals surface area contributed by atoms with Crippen LogP contribution < -0.4 is 10.9 Å². The summed E-state index contributed by atoms with van der Waals surface area (Å²) in [7, 11) is 0. The van der Waals surface area contributed by atoms with Crippen LogP contribution in [0.4, 0.5) is 4.39 Å². The Kier molecular flexibility index (Phi) is 5.61. The van der Waals surface area contributed by atoms with Crippen LogP contribution in [0.15, 0.2) is 59.7 Å². The number of nitrogens with one attached hydrogen (secondary N) is 1. The number of fused-ring (bicyclic) bond motifs is 1. The maximum Gasteiger partial charge on any atom is 0.276 e. The number of benzene rings is 2. The van der Waals surface area contributed by atoms with Gasteiger partial charge in [0, 0.05) is 31.0 Å². The third kappa shape index (κ3) is 4.09. The van der Waals surface area contributed by atoms with Gasteiger partial charge < -0.3 is 9.88 Å². The summed E-state index contributed by atoms with van der Waals surface area (Å²) in [4.78, 5) is 25.1. The van der Waals surface area contributed by atoms with Gasteiger partial charge >= 0.3 is 0 Å². The number of carbonyl (C=O) groups excluding carboxylic acids is 1. The number of carbonyl (C=O) groups is 1. The van der Waals surface area contributed by atoms with Crippen LogP contribution in [-0.2, 0) is 6.54 Å². The molecule has 0 aliphatic heterocycles. The van der Waals surface area contributed by atoms with Crippen molar-refractivity contribution >= 4 is 23.0 Å². The van der Waals surface area contributed by atoms with Crippen LogP contribution in [0.3, 0.4) is 0 Å². The first kappa shape index (κ1) is 20.8. The highest BCUT2D eigenvalue weighted by Crippen LogP contribution is 2.24. The molecule has 6 nitrogen and oxygen atoms in total. The van der Waals surface area contributed by atoms with Gasteiger partial charge in [-0.1, -0.05) is 35.4 Å². The highest BCUT2D eigenvalue weighted by atomic mass is 35.5. The summed E-state index contributed by atoms with van der Waals surface area (Å²) < 4.78 is 16.9. The molecule has 2 aromatic heterocycles. The van der Waals surface area contributed by atoms with E-state index in [2.05, 4.69) is 10.4 Å². The molecule has 0 radical (unpaired) electrons. The van der Waals surface area contributed by atoms with Gasteiger partial charge in [-0.05, 0) is 43.7 Å². The monoisotopic (exact) mass is 438 g/mol. The Morgan fingerprint density at radius 1 is 1.16 bits per heavy atom. The zero-order valence-corrected chi connectivity index (χ0v) is 17.8. The third-order valence-electron chi connectivity index (χ3n) is 5.10. The summed E-state index contributed by atoms with van der Waals surface area (Å²) in [6, 6.07) is 11.9. The number of aromatic nitrogens is 3. The quantitative estimate of drug-likeness (QED) is 0.512. The molecule has 0 saturated heterocycles. The number of amides is 1. The van der Waals surface area contributed by atoms with Gasteiger partial charge in [-0.15, -0.1) is 0 Å². The minimum atomic E-state index is -0.693. The van der Waals surface area contributed by atoms with Crippen molar-refractivity contribution in [3.8, 4) is 11.3 Å². The number of nitrogens with zero attached hydrogens (tertiary/aromatic N) is 3. The van der Waals surface area contributed by atoms with E-state index < -0.39 is 11.7 Å². The van der Waals surface area contributed by atoms with Gasteiger partial charge in [0.1, 0.15) is 11.3 Å². The average molecular weight is 439 g/mol. The van der Waals surface area contributed by atoms with Crippen LogP contribution in [-0.4, -0.2) is 26.6 Å². The first-order valence-corrected chi connectivity index (χ1v) is 10.1. The molecule has 2 heterocycles. The Balaban J connectivity index is 1.54. The summed E-state index contributed by atoms with van der Waals surface area (Å²) in [5, 5.41) is 7.17. The summed E-state index contributed by atoms with van der Waals surface area (Å²) in [6.07, 6.45) is 3.30. The van der Waals surface area contributed by atoms with Crippen LogP contribution in [0.5, 0.6) is 0 Å². The zero-order chi connectivity index (χ0) is 22.1. The molecule has 2 aromatic carbocycles. The lowest BCUT2D eigenvalue weighted by Gasteiger charge is -2.09. The standard InChI is InChI=1S/C23H20ClFN4O2/c1-14-6-7-15(2)16(12-14)19-13-20-23(31)28(10-11-29(20)27-19)9-8-26-22(30)21-17(24)4-3-5-18(21)25/h3-7,10-13H,8-9H2,1-2H3,(H,26,30). The Bertz CT molecular complexity index is 1340. The lowest BCUT2D eigenvalue weighted by molar-refractivity contribution is 0.0948. The number of hydrogen-bond donors (Lipinski definition) is 1. The minimum absolute atomic E-state index is 0.0364. The molecule has 0 spiro atoms. The second-order valence-electron chi connectivity index (χ2n) is 7.33. The molecular formula is C23H20ClFN4O2. The van der Waals surface area contributed by atoms with Crippen molar-refractivity contribution < 1.29 is 9.18 Å². The van der Waals surface area contributed by atoms with E-state index in [1.807, 2.05) is 32.0 Å². The molecular weight excluding hydrogens is 419 g/mol. The lowest BCUT2D eigenvalue weighted by Crippen LogP contribution is -2.31. The summed E-state index contributed by atoms with van der Waals surface area (Å²) in [5.74, 6) is -1.32. The maximum atomic E-state index is 13.9. The van der Waals surface area contributed by atoms with Gasteiger partial charge in [0.2, 0.25) is 0 Å². The Morgan fingerprint density at radius 3 is 2.74 bits per heavy atom. The Hall–Kier alpha value is -3.45. The first-order chi connectivity index (χ1) is 14.8. The molecule has 4 aromatic rings. The van der Waals surface area contributed by atoms with Crippen molar-refractivity contribution in [3.63, 3.8) is 0 Å². The predicted octanol–water partition coefficient (Wildman–Crippen LogP) is 4.00. The second kappa shape index (κ2) is 8.35. The SMILES string of the molecule is Cc1ccc(C)c(-c2cc3c(=O)n(CCNC(=O)c4c(F)cccc4Cl)ccn3n2)c1. The first-order valence-electron chi connectivity index (χ1n) is 9.74. The normalized spacial score (nSPS) is 11.1. The van der Waals surface area contributed by atoms with Crippen molar-refractivity contribution in [2.45, 2.75) is 20.4 Å². The number of rotatable bonds is 5. The van der Waals surface area contributed by atoms with Gasteiger partial charge in [-0.2, -0.15) is 5.10 Å². The summed E-state index contributed by atoms with van der Waals surface area (Å²) >= 11 is 5.92. The molecule has 0 atom stereocenters. The molecule has 8 heteroatoms. The second-order valence-corrected chi connectivity index (χ2v) is 7.73. The molecule has 0 aliphatic carbocycles. The smallest absolute Gasteiger partial charge is 0.276 e. The topological polar surface area (TPSA) is 68.4 Å². The van der Waals surface area contributed by atoms with E-state index in [0.29, 0.717) is 5.52 Å². The summed E-state index contributed by atoms with van der Waals surface area (Å²) in [6.45, 7) is 4.37. The van der Waals surface area contributed by atoms with Gasteiger partial charge in [0.25, 0.3) is 11.5 Å². The molecule has 0 aliphatic rings. The van der Waals surface area contributed by atoms with Gasteiger partial charge in [0.05, 0.1) is 16.3 Å². The molecule has 31 heavy (non-hydrogen) atoms. The minimum Gasteiger partial charge on any atom is -0.350 e. The van der Waals surface area contributed by atoms with Crippen LogP contribution in [0.1, 0.15) is 21.5 Å². The lowest BCUT2D eigenvalue weighted by atomic mass is 10.0. The third-order valence-corrected chi connectivity index (χ3v) is 5.42. The fourth-order valence-corrected chi connectivity index (χ4v) is 3.69. The highest BCUT2D eigenvalue weighted by Gasteiger charge is 2.16. The van der Waals surface area contributed by atoms with Crippen molar-refractivity contribution in [3.05, 3.63) is 92.7 Å². The molecule has 0 saturated carbocycles. The van der Waals surface area contributed by atoms with Gasteiger partial charge in [-0.25, -0.2) is 8.91 Å². The largest absolute Gasteiger partial charge is 0.350 e. The van der Waals surface area contributed by atoms with Crippen molar-refractivity contribution in [1.82, 2.24) is 19.5 Å². The molecule has 0 fully saturated rings. The van der Waals surface area contributed by atoms with Crippen LogP contribution >= 0.6 is 11.6 Å². The van der Waals surface area contributed by atoms with Gasteiger partial charge in [-0.3, -0.25) is 9.59 Å². The zero-order valence-electron chi connectivity index (χ0n) is 17.0. The van der Waals surface area contributed by atoms with E-state index in [1.165, 1.54) is 22.8 Å². The highest BCUT2D eigenvalue weighted by molar-refractivity contribution is 6.33. The molecule has 158 valence electrons. The number of aryl methyl sites for hydroxylation is 2. The molecule has 0 bridgehead atoms. The molecule has 1 amide bonds. The van der Waals surface area contributed by atoms with E-state index >= 15 is 0 Å². The predicted molar refractivity (Wildman–Crippen MR) is 118 cm³/mol.